The molecule has 10 nitrogen and oxygen atoms in total. The monoisotopic (exact) mass is 444 g/mol. The van der Waals surface area contributed by atoms with E-state index >= 15 is 0 Å². The minimum Gasteiger partial charge on any atom is -0.405 e. The molecular formula is C18H20N8O2S2. The Morgan fingerprint density at radius 3 is 2.83 bits per heavy atom. The molecule has 0 atom stereocenters. The zero-order chi connectivity index (χ0) is 21.8. The summed E-state index contributed by atoms with van der Waals surface area (Å²) in [6.07, 6.45) is 5.45. The summed E-state index contributed by atoms with van der Waals surface area (Å²) in [5.41, 5.74) is 14.0. The quantitative estimate of drug-likeness (QED) is 0.259. The van der Waals surface area contributed by atoms with E-state index in [1.54, 1.807) is 11.6 Å². The lowest BCUT2D eigenvalue weighted by Gasteiger charge is -2.08. The fourth-order valence-electron chi connectivity index (χ4n) is 2.72. The average Bonchev–Trinajstić information content (AvgIpc) is 3.38. The van der Waals surface area contributed by atoms with Gasteiger partial charge in [0.1, 0.15) is 5.01 Å². The average molecular weight is 445 g/mol. The predicted octanol–water partition coefficient (Wildman–Crippen LogP) is 1.53. The Bertz CT molecular complexity index is 1170. The molecule has 0 saturated carbocycles. The number of nitrogens with zero attached hydrogens (tertiary/aromatic N) is 5. The molecule has 0 unspecified atom stereocenters. The van der Waals surface area contributed by atoms with Crippen molar-refractivity contribution in [3.63, 3.8) is 0 Å². The molecule has 0 saturated heterocycles. The van der Waals surface area contributed by atoms with Gasteiger partial charge in [-0.15, -0.1) is 22.7 Å². The van der Waals surface area contributed by atoms with Gasteiger partial charge in [0.15, 0.2) is 10.7 Å². The van der Waals surface area contributed by atoms with Crippen molar-refractivity contribution in [2.75, 3.05) is 0 Å². The number of fused-ring (bicyclic) bond motifs is 1. The zero-order valence-corrected chi connectivity index (χ0v) is 18.0. The molecule has 3 heterocycles. The standard InChI is InChI=1S/C18H20N8O2S2/c1-10-13(6-22-26(9-27)7-12-8-29-18(23-12)16(21)28)15-17(25(10)2)24-14(30-15)5-11(20)3-4-19/h3-4,6,8-9,20H,5,7,19H2,1-2H3,(H2,21,28)/b4-3-,20-11?,22-6-. The fourth-order valence-corrected chi connectivity index (χ4v) is 4.56. The zero-order valence-electron chi connectivity index (χ0n) is 16.3. The van der Waals surface area contributed by atoms with Gasteiger partial charge in [0.05, 0.1) is 23.2 Å². The third kappa shape index (κ3) is 4.44. The molecule has 0 aliphatic carbocycles. The molecule has 0 spiro atoms. The summed E-state index contributed by atoms with van der Waals surface area (Å²) in [5, 5.41) is 16.0. The Labute approximate surface area is 180 Å². The predicted molar refractivity (Wildman–Crippen MR) is 118 cm³/mol. The summed E-state index contributed by atoms with van der Waals surface area (Å²) in [4.78, 5) is 31.3. The highest BCUT2D eigenvalue weighted by Crippen LogP contribution is 2.29. The lowest BCUT2D eigenvalue weighted by Crippen LogP contribution is -2.16. The van der Waals surface area contributed by atoms with Gasteiger partial charge >= 0.3 is 0 Å². The number of hydrazone groups is 1. The van der Waals surface area contributed by atoms with Crippen LogP contribution in [-0.4, -0.2) is 43.8 Å². The number of amides is 2. The van der Waals surface area contributed by atoms with Crippen molar-refractivity contribution in [1.82, 2.24) is 19.5 Å². The van der Waals surface area contributed by atoms with Crippen LogP contribution in [0.5, 0.6) is 0 Å². The van der Waals surface area contributed by atoms with Crippen LogP contribution in [0.3, 0.4) is 0 Å². The molecule has 0 bridgehead atoms. The van der Waals surface area contributed by atoms with E-state index in [0.717, 1.165) is 37.9 Å². The SMILES string of the molecule is Cc1c(/C=N\N(C=O)Cc2csc(C(N)=O)n2)c2sc(CC(=N)/C=C\N)nc2n1C. The summed E-state index contributed by atoms with van der Waals surface area (Å²) in [5.74, 6) is -0.606. The summed E-state index contributed by atoms with van der Waals surface area (Å²) >= 11 is 2.60. The molecule has 0 radical (unpaired) electrons. The lowest BCUT2D eigenvalue weighted by atomic mass is 10.3. The van der Waals surface area contributed by atoms with Gasteiger partial charge in [-0.25, -0.2) is 15.0 Å². The number of nitrogens with one attached hydrogen (secondary N) is 1. The number of hydrogen-bond acceptors (Lipinski definition) is 9. The Morgan fingerprint density at radius 1 is 1.43 bits per heavy atom. The number of allylic oxidation sites excluding steroid dienone is 1. The first-order valence-corrected chi connectivity index (χ1v) is 10.4. The van der Waals surface area contributed by atoms with Crippen molar-refractivity contribution in [2.45, 2.75) is 19.9 Å². The molecule has 0 fully saturated rings. The number of aromatic nitrogens is 3. The Balaban J connectivity index is 1.85. The highest BCUT2D eigenvalue weighted by molar-refractivity contribution is 7.19. The van der Waals surface area contributed by atoms with Crippen LogP contribution in [0.25, 0.3) is 10.3 Å². The van der Waals surface area contributed by atoms with Crippen molar-refractivity contribution in [1.29, 1.82) is 5.41 Å². The number of carbonyl (C=O) groups is 2. The first kappa shape index (κ1) is 21.3. The second-order valence-electron chi connectivity index (χ2n) is 6.34. The molecule has 0 aliphatic heterocycles. The van der Waals surface area contributed by atoms with Crippen LogP contribution >= 0.6 is 22.7 Å². The second-order valence-corrected chi connectivity index (χ2v) is 8.28. The maximum Gasteiger partial charge on any atom is 0.277 e. The van der Waals surface area contributed by atoms with Crippen LogP contribution in [0.1, 0.15) is 31.8 Å². The van der Waals surface area contributed by atoms with Crippen LogP contribution in [-0.2, 0) is 24.8 Å². The number of hydrogen-bond donors (Lipinski definition) is 3. The first-order valence-electron chi connectivity index (χ1n) is 8.74. The first-order chi connectivity index (χ1) is 14.3. The summed E-state index contributed by atoms with van der Waals surface area (Å²) in [6, 6.07) is 0. The van der Waals surface area contributed by atoms with Gasteiger partial charge in [-0.05, 0) is 19.2 Å². The van der Waals surface area contributed by atoms with Gasteiger partial charge in [0, 0.05) is 35.8 Å². The number of thiazole rings is 2. The van der Waals surface area contributed by atoms with E-state index in [9.17, 15) is 9.59 Å². The van der Waals surface area contributed by atoms with Gasteiger partial charge in [0.2, 0.25) is 6.41 Å². The second kappa shape index (κ2) is 8.97. The molecular weight excluding hydrogens is 424 g/mol. The molecule has 3 aromatic heterocycles. The number of rotatable bonds is 9. The largest absolute Gasteiger partial charge is 0.405 e. The summed E-state index contributed by atoms with van der Waals surface area (Å²) in [6.45, 7) is 2.06. The molecule has 30 heavy (non-hydrogen) atoms. The van der Waals surface area contributed by atoms with Gasteiger partial charge < -0.3 is 21.4 Å². The van der Waals surface area contributed by atoms with Crippen molar-refractivity contribution in [3.8, 4) is 0 Å². The fraction of sp³-hybridized carbons (Fsp3) is 0.222. The molecule has 0 aliphatic rings. The molecule has 12 heteroatoms. The third-order valence-electron chi connectivity index (χ3n) is 4.29. The molecule has 156 valence electrons. The minimum absolute atomic E-state index is 0.120. The number of nitrogens with two attached hydrogens (primary N) is 2. The molecule has 2 amide bonds. The van der Waals surface area contributed by atoms with E-state index in [0.29, 0.717) is 24.2 Å². The Hall–Kier alpha value is -3.38. The van der Waals surface area contributed by atoms with Crippen molar-refractivity contribution in [3.05, 3.63) is 44.6 Å². The minimum atomic E-state index is -0.606. The van der Waals surface area contributed by atoms with Gasteiger partial charge in [-0.1, -0.05) is 0 Å². The topological polar surface area (TPSA) is 156 Å². The normalized spacial score (nSPS) is 11.7. The van der Waals surface area contributed by atoms with Crippen molar-refractivity contribution in [2.24, 2.45) is 23.6 Å². The Morgan fingerprint density at radius 2 is 2.20 bits per heavy atom. The van der Waals surface area contributed by atoms with Crippen LogP contribution in [0, 0.1) is 12.3 Å². The maximum absolute atomic E-state index is 11.5. The van der Waals surface area contributed by atoms with E-state index in [-0.39, 0.29) is 11.6 Å². The van der Waals surface area contributed by atoms with Crippen molar-refractivity contribution >= 4 is 57.3 Å². The number of carbonyl (C=O) groups excluding carboxylic acids is 2. The van der Waals surface area contributed by atoms with E-state index in [4.69, 9.17) is 16.9 Å². The van der Waals surface area contributed by atoms with E-state index in [1.165, 1.54) is 28.6 Å². The molecule has 5 N–H and O–H groups in total. The van der Waals surface area contributed by atoms with Gasteiger partial charge in [-0.2, -0.15) is 5.10 Å². The van der Waals surface area contributed by atoms with Crippen LogP contribution < -0.4 is 11.5 Å². The van der Waals surface area contributed by atoms with Gasteiger partial charge in [0.25, 0.3) is 5.91 Å². The molecule has 3 rings (SSSR count). The highest BCUT2D eigenvalue weighted by Gasteiger charge is 2.17. The summed E-state index contributed by atoms with van der Waals surface area (Å²) < 4.78 is 2.87. The molecule has 0 aromatic carbocycles. The van der Waals surface area contributed by atoms with Crippen LogP contribution in [0.2, 0.25) is 0 Å². The van der Waals surface area contributed by atoms with E-state index < -0.39 is 5.91 Å². The van der Waals surface area contributed by atoms with Gasteiger partial charge in [-0.3, -0.25) is 9.59 Å². The molecule has 3 aromatic rings. The van der Waals surface area contributed by atoms with E-state index in [1.807, 2.05) is 18.5 Å². The number of primary amides is 1. The smallest absolute Gasteiger partial charge is 0.277 e. The summed E-state index contributed by atoms with van der Waals surface area (Å²) in [7, 11) is 1.90. The highest BCUT2D eigenvalue weighted by atomic mass is 32.1. The van der Waals surface area contributed by atoms with Crippen LogP contribution in [0.4, 0.5) is 0 Å². The maximum atomic E-state index is 11.5. The lowest BCUT2D eigenvalue weighted by molar-refractivity contribution is -0.118. The van der Waals surface area contributed by atoms with E-state index in [2.05, 4.69) is 15.1 Å². The van der Waals surface area contributed by atoms with Crippen LogP contribution in [0.15, 0.2) is 22.8 Å². The van der Waals surface area contributed by atoms with Crippen molar-refractivity contribution < 1.29 is 9.59 Å². The number of aryl methyl sites for hydroxylation is 1. The Kier molecular flexibility index (Phi) is 6.37. The third-order valence-corrected chi connectivity index (χ3v) is 6.27.